The van der Waals surface area contributed by atoms with Crippen LogP contribution in [0.1, 0.15) is 48.1 Å². The largest absolute Gasteiger partial charge is 0.356 e. The van der Waals surface area contributed by atoms with E-state index in [1.165, 1.54) is 11.6 Å². The summed E-state index contributed by atoms with van der Waals surface area (Å²) in [5.74, 6) is 0.235. The van der Waals surface area contributed by atoms with Gasteiger partial charge in [-0.05, 0) is 65.4 Å². The van der Waals surface area contributed by atoms with Crippen molar-refractivity contribution in [1.82, 2.24) is 19.9 Å². The number of halogens is 1. The highest BCUT2D eigenvalue weighted by atomic mass is 79.9. The lowest BCUT2D eigenvalue weighted by Crippen LogP contribution is -2.20. The fraction of sp³-hybridized carbons (Fsp3) is 0.333. The number of unbranched alkanes of at least 4 members (excludes halogenated alkanes) is 1. The predicted octanol–water partition coefficient (Wildman–Crippen LogP) is 3.51. The lowest BCUT2D eigenvalue weighted by Gasteiger charge is -2.12. The van der Waals surface area contributed by atoms with Gasteiger partial charge in [-0.1, -0.05) is 6.92 Å². The van der Waals surface area contributed by atoms with Crippen molar-refractivity contribution in [3.63, 3.8) is 0 Å². The van der Waals surface area contributed by atoms with Crippen LogP contribution in [0.25, 0.3) is 0 Å². The molecule has 3 heterocycles. The predicted molar refractivity (Wildman–Crippen MR) is 118 cm³/mol. The zero-order valence-corrected chi connectivity index (χ0v) is 18.0. The highest BCUT2D eigenvalue weighted by Gasteiger charge is 2.14. The Labute approximate surface area is 177 Å². The molecular weight excluding hydrogens is 434 g/mol. The molecule has 3 N–H and O–H groups in total. The molecule has 0 aliphatic rings. The van der Waals surface area contributed by atoms with E-state index in [1.807, 2.05) is 13.1 Å². The first kappa shape index (κ1) is 21.0. The normalized spacial score (nSPS) is 12.0. The monoisotopic (exact) mass is 457 g/mol. The molecule has 1 unspecified atom stereocenters. The molecule has 152 valence electrons. The van der Waals surface area contributed by atoms with E-state index in [1.54, 1.807) is 18.5 Å². The minimum atomic E-state index is -0.218. The third-order valence-corrected chi connectivity index (χ3v) is 5.31. The summed E-state index contributed by atoms with van der Waals surface area (Å²) in [5, 5.41) is 3.16. The first-order valence-electron chi connectivity index (χ1n) is 9.57. The maximum absolute atomic E-state index is 12.4. The molecule has 0 aromatic carbocycles. The van der Waals surface area contributed by atoms with Crippen LogP contribution in [0.15, 0.2) is 50.9 Å². The van der Waals surface area contributed by atoms with E-state index in [9.17, 15) is 9.59 Å². The number of H-pyrrole nitrogens is 2. The lowest BCUT2D eigenvalue weighted by atomic mass is 9.96. The van der Waals surface area contributed by atoms with Gasteiger partial charge in [0, 0.05) is 52.8 Å². The van der Waals surface area contributed by atoms with Gasteiger partial charge in [0.25, 0.3) is 5.56 Å². The topological polar surface area (TPSA) is 104 Å². The second-order valence-corrected chi connectivity index (χ2v) is 7.94. The number of aromatic amines is 2. The van der Waals surface area contributed by atoms with Gasteiger partial charge in [0.05, 0.1) is 0 Å². The Hall–Kier alpha value is -2.74. The first-order chi connectivity index (χ1) is 13.9. The molecule has 0 saturated heterocycles. The van der Waals surface area contributed by atoms with E-state index in [4.69, 9.17) is 0 Å². The second-order valence-electron chi connectivity index (χ2n) is 7.03. The molecule has 0 aliphatic heterocycles. The molecule has 0 radical (unpaired) electrons. The Balaban J connectivity index is 1.52. The zero-order valence-electron chi connectivity index (χ0n) is 16.5. The third-order valence-electron chi connectivity index (χ3n) is 4.88. The highest BCUT2D eigenvalue weighted by Crippen LogP contribution is 2.19. The van der Waals surface area contributed by atoms with Gasteiger partial charge in [0.1, 0.15) is 0 Å². The van der Waals surface area contributed by atoms with Crippen LogP contribution < -0.4 is 16.4 Å². The molecule has 0 saturated carbocycles. The summed E-state index contributed by atoms with van der Waals surface area (Å²) >= 11 is 3.43. The number of aryl methyl sites for hydroxylation is 2. The van der Waals surface area contributed by atoms with Crippen molar-refractivity contribution >= 4 is 21.9 Å². The quantitative estimate of drug-likeness (QED) is 0.449. The van der Waals surface area contributed by atoms with Crippen LogP contribution in [0.5, 0.6) is 0 Å². The van der Waals surface area contributed by atoms with Gasteiger partial charge in [-0.15, -0.1) is 0 Å². The summed E-state index contributed by atoms with van der Waals surface area (Å²) in [6, 6.07) is 5.36. The lowest BCUT2D eigenvalue weighted by molar-refractivity contribution is 0.740. The van der Waals surface area contributed by atoms with Crippen LogP contribution in [0.3, 0.4) is 0 Å². The highest BCUT2D eigenvalue weighted by molar-refractivity contribution is 9.10. The molecule has 8 heteroatoms. The molecule has 3 aromatic rings. The molecule has 0 bridgehead atoms. The van der Waals surface area contributed by atoms with Crippen LogP contribution in [0.2, 0.25) is 0 Å². The Morgan fingerprint density at radius 1 is 1.17 bits per heavy atom. The zero-order chi connectivity index (χ0) is 20.8. The number of nitrogens with one attached hydrogen (secondary N) is 3. The number of hydrogen-bond donors (Lipinski definition) is 3. The molecule has 0 fully saturated rings. The number of nitrogens with zero attached hydrogens (tertiary/aromatic N) is 2. The fourth-order valence-corrected chi connectivity index (χ4v) is 3.61. The van der Waals surface area contributed by atoms with E-state index in [0.29, 0.717) is 18.1 Å². The van der Waals surface area contributed by atoms with Crippen LogP contribution in [0, 0.1) is 6.92 Å². The van der Waals surface area contributed by atoms with E-state index in [-0.39, 0.29) is 17.0 Å². The van der Waals surface area contributed by atoms with Gasteiger partial charge in [0.2, 0.25) is 11.5 Å². The van der Waals surface area contributed by atoms with Gasteiger partial charge in [-0.2, -0.15) is 0 Å². The van der Waals surface area contributed by atoms with Gasteiger partial charge < -0.3 is 10.3 Å². The van der Waals surface area contributed by atoms with Crippen molar-refractivity contribution in [2.75, 3.05) is 11.9 Å². The molecule has 3 rings (SSSR count). The van der Waals surface area contributed by atoms with Crippen molar-refractivity contribution < 1.29 is 0 Å². The molecule has 1 atom stereocenters. The standard InChI is InChI=1S/C21H24BrN5O2/c1-13-9-16(22)11-25-18(13)5-3-4-7-24-21-26-12-17(20(29)27-21)14(2)15-6-8-23-19(28)10-15/h6,8-12,14H,3-5,7H2,1-2H3,(H,23,28)(H2,24,26,27,29). The average Bonchev–Trinajstić information content (AvgIpc) is 2.69. The SMILES string of the molecule is Cc1cc(Br)cnc1CCCCNc1ncc(C(C)c2cc[nH]c(=O)c2)c(=O)[nH]1. The molecule has 0 spiro atoms. The molecule has 7 nitrogen and oxygen atoms in total. The molecule has 3 aromatic heterocycles. The average molecular weight is 458 g/mol. The van der Waals surface area contributed by atoms with Crippen LogP contribution in [-0.4, -0.2) is 26.5 Å². The number of anilines is 1. The maximum Gasteiger partial charge on any atom is 0.256 e. The number of rotatable bonds is 8. The van der Waals surface area contributed by atoms with Crippen LogP contribution >= 0.6 is 15.9 Å². The van der Waals surface area contributed by atoms with Crippen LogP contribution in [-0.2, 0) is 6.42 Å². The minimum absolute atomic E-state index is 0.189. The summed E-state index contributed by atoms with van der Waals surface area (Å²) < 4.78 is 0.993. The van der Waals surface area contributed by atoms with Gasteiger partial charge in [-0.25, -0.2) is 4.98 Å². The number of hydrogen-bond acceptors (Lipinski definition) is 5. The Kier molecular flexibility index (Phi) is 6.98. The van der Waals surface area contributed by atoms with Crippen molar-refractivity contribution in [3.05, 3.63) is 84.4 Å². The van der Waals surface area contributed by atoms with Gasteiger partial charge >= 0.3 is 0 Å². The van der Waals surface area contributed by atoms with Gasteiger partial charge in [0.15, 0.2) is 0 Å². The fourth-order valence-electron chi connectivity index (χ4n) is 3.17. The van der Waals surface area contributed by atoms with Crippen molar-refractivity contribution in [1.29, 1.82) is 0 Å². The molecule has 0 aliphatic carbocycles. The summed E-state index contributed by atoms with van der Waals surface area (Å²) in [6.45, 7) is 4.65. The van der Waals surface area contributed by atoms with Crippen molar-refractivity contribution in [2.24, 2.45) is 0 Å². The Morgan fingerprint density at radius 2 is 2.00 bits per heavy atom. The molecule has 29 heavy (non-hydrogen) atoms. The smallest absolute Gasteiger partial charge is 0.256 e. The van der Waals surface area contributed by atoms with Crippen molar-refractivity contribution in [3.8, 4) is 0 Å². The van der Waals surface area contributed by atoms with E-state index in [2.05, 4.69) is 54.2 Å². The summed E-state index contributed by atoms with van der Waals surface area (Å²) in [4.78, 5) is 38.1. The summed E-state index contributed by atoms with van der Waals surface area (Å²) in [7, 11) is 0. The molecule has 0 amide bonds. The third kappa shape index (κ3) is 5.63. The van der Waals surface area contributed by atoms with Crippen molar-refractivity contribution in [2.45, 2.75) is 39.0 Å². The van der Waals surface area contributed by atoms with Crippen LogP contribution in [0.4, 0.5) is 5.95 Å². The first-order valence-corrected chi connectivity index (χ1v) is 10.4. The second kappa shape index (κ2) is 9.65. The Bertz CT molecular complexity index is 1090. The Morgan fingerprint density at radius 3 is 2.72 bits per heavy atom. The van der Waals surface area contributed by atoms with E-state index in [0.717, 1.165) is 35.0 Å². The molecular formula is C21H24BrN5O2. The number of pyridine rings is 2. The summed E-state index contributed by atoms with van der Waals surface area (Å²) in [5.41, 5.74) is 3.20. The van der Waals surface area contributed by atoms with E-state index < -0.39 is 0 Å². The van der Waals surface area contributed by atoms with E-state index >= 15 is 0 Å². The maximum atomic E-state index is 12.4. The number of aromatic nitrogens is 4. The summed E-state index contributed by atoms with van der Waals surface area (Å²) in [6.07, 6.45) is 7.82. The minimum Gasteiger partial charge on any atom is -0.356 e. The van der Waals surface area contributed by atoms with Gasteiger partial charge in [-0.3, -0.25) is 19.6 Å².